The van der Waals surface area contributed by atoms with Gasteiger partial charge in [0, 0.05) is 17.9 Å². The molecule has 0 radical (unpaired) electrons. The lowest BCUT2D eigenvalue weighted by Gasteiger charge is -2.24. The van der Waals surface area contributed by atoms with Gasteiger partial charge in [-0.15, -0.1) is 0 Å². The van der Waals surface area contributed by atoms with Gasteiger partial charge in [0.05, 0.1) is 24.6 Å². The third-order valence-corrected chi connectivity index (χ3v) is 4.61. The summed E-state index contributed by atoms with van der Waals surface area (Å²) in [7, 11) is 1.33. The van der Waals surface area contributed by atoms with Crippen LogP contribution < -0.4 is 5.32 Å². The minimum atomic E-state index is -0.414. The number of aromatic nitrogens is 2. The lowest BCUT2D eigenvalue weighted by atomic mass is 9.87. The quantitative estimate of drug-likeness (QED) is 0.723. The van der Waals surface area contributed by atoms with E-state index in [0.717, 1.165) is 11.1 Å². The van der Waals surface area contributed by atoms with Crippen LogP contribution >= 0.6 is 0 Å². The van der Waals surface area contributed by atoms with E-state index in [9.17, 15) is 14.0 Å². The normalized spacial score (nSPS) is 15.8. The van der Waals surface area contributed by atoms with Crippen LogP contribution in [0.15, 0.2) is 54.7 Å². The summed E-state index contributed by atoms with van der Waals surface area (Å²) in [5.41, 5.74) is 2.69. The molecule has 2 aromatic carbocycles. The fraction of sp³-hybridized carbons (Fsp3) is 0.150. The number of nitrogens with one attached hydrogen (secondary N) is 1. The van der Waals surface area contributed by atoms with Crippen LogP contribution in [0.5, 0.6) is 0 Å². The van der Waals surface area contributed by atoms with Gasteiger partial charge in [-0.3, -0.25) is 4.79 Å². The standard InChI is InChI=1S/C20H16FN3O3/c1-27-20(26)13-7-5-12(6-8-13)16-10-18(25)23-19-17(16)11-22-24(19)15-4-2-3-14(21)9-15/h2-9,11,16H,10H2,1H3,(H,23,25). The van der Waals surface area contributed by atoms with Gasteiger partial charge in [0.2, 0.25) is 5.91 Å². The van der Waals surface area contributed by atoms with Gasteiger partial charge in [0.15, 0.2) is 0 Å². The molecule has 6 nitrogen and oxygen atoms in total. The Balaban J connectivity index is 1.74. The number of methoxy groups -OCH3 is 1. The Labute approximate surface area is 154 Å². The van der Waals surface area contributed by atoms with Crippen molar-refractivity contribution < 1.29 is 18.7 Å². The SMILES string of the molecule is COC(=O)c1ccc(C2CC(=O)Nc3c2cnn3-c2cccc(F)c2)cc1. The number of hydrogen-bond donors (Lipinski definition) is 1. The number of carbonyl (C=O) groups excluding carboxylic acids is 2. The Kier molecular flexibility index (Phi) is 4.19. The second kappa shape index (κ2) is 6.68. The molecular formula is C20H16FN3O3. The third kappa shape index (κ3) is 3.08. The third-order valence-electron chi connectivity index (χ3n) is 4.61. The first-order valence-electron chi connectivity index (χ1n) is 8.39. The number of rotatable bonds is 3. The van der Waals surface area contributed by atoms with Crippen molar-refractivity contribution in [1.29, 1.82) is 0 Å². The molecule has 1 aromatic heterocycles. The number of halogens is 1. The smallest absolute Gasteiger partial charge is 0.337 e. The molecule has 2 heterocycles. The molecule has 1 amide bonds. The van der Waals surface area contributed by atoms with Crippen molar-refractivity contribution in [1.82, 2.24) is 9.78 Å². The molecule has 0 fully saturated rings. The zero-order valence-electron chi connectivity index (χ0n) is 14.5. The molecular weight excluding hydrogens is 349 g/mol. The summed E-state index contributed by atoms with van der Waals surface area (Å²) >= 11 is 0. The van der Waals surface area contributed by atoms with Crippen LogP contribution in [0.2, 0.25) is 0 Å². The van der Waals surface area contributed by atoms with Gasteiger partial charge in [0.1, 0.15) is 11.6 Å². The lowest BCUT2D eigenvalue weighted by molar-refractivity contribution is -0.116. The first-order chi connectivity index (χ1) is 13.1. The maximum absolute atomic E-state index is 13.6. The van der Waals surface area contributed by atoms with Gasteiger partial charge in [-0.25, -0.2) is 13.9 Å². The molecule has 0 bridgehead atoms. The monoisotopic (exact) mass is 365 g/mol. The second-order valence-corrected chi connectivity index (χ2v) is 6.26. The van der Waals surface area contributed by atoms with Crippen LogP contribution in [0.3, 0.4) is 0 Å². The lowest BCUT2D eigenvalue weighted by Crippen LogP contribution is -2.24. The van der Waals surface area contributed by atoms with Gasteiger partial charge < -0.3 is 10.1 Å². The number of anilines is 1. The molecule has 0 saturated heterocycles. The van der Waals surface area contributed by atoms with Crippen LogP contribution in [-0.4, -0.2) is 28.8 Å². The highest BCUT2D eigenvalue weighted by molar-refractivity contribution is 5.95. The van der Waals surface area contributed by atoms with E-state index in [1.807, 2.05) is 0 Å². The number of benzene rings is 2. The number of esters is 1. The summed E-state index contributed by atoms with van der Waals surface area (Å²) in [6, 6.07) is 13.0. The van der Waals surface area contributed by atoms with Gasteiger partial charge in [-0.1, -0.05) is 18.2 Å². The molecule has 1 N–H and O–H groups in total. The van der Waals surface area contributed by atoms with Crippen molar-refractivity contribution in [3.8, 4) is 5.69 Å². The maximum atomic E-state index is 13.6. The van der Waals surface area contributed by atoms with Gasteiger partial charge >= 0.3 is 5.97 Å². The van der Waals surface area contributed by atoms with E-state index in [1.165, 1.54) is 23.9 Å². The molecule has 0 aliphatic carbocycles. The van der Waals surface area contributed by atoms with E-state index < -0.39 is 5.97 Å². The van der Waals surface area contributed by atoms with Crippen molar-refractivity contribution in [3.05, 3.63) is 77.2 Å². The molecule has 27 heavy (non-hydrogen) atoms. The largest absolute Gasteiger partial charge is 0.465 e. The zero-order chi connectivity index (χ0) is 19.0. The summed E-state index contributed by atoms with van der Waals surface area (Å²) in [4.78, 5) is 23.9. The Morgan fingerprint density at radius 3 is 2.74 bits per heavy atom. The van der Waals surface area contributed by atoms with E-state index in [1.54, 1.807) is 42.6 Å². The first-order valence-corrected chi connectivity index (χ1v) is 8.39. The number of fused-ring (bicyclic) bond motifs is 1. The molecule has 0 saturated carbocycles. The minimum Gasteiger partial charge on any atom is -0.465 e. The molecule has 1 unspecified atom stereocenters. The van der Waals surface area contributed by atoms with Crippen LogP contribution in [0, 0.1) is 5.82 Å². The maximum Gasteiger partial charge on any atom is 0.337 e. The number of ether oxygens (including phenoxy) is 1. The van der Waals surface area contributed by atoms with Crippen LogP contribution in [-0.2, 0) is 9.53 Å². The van der Waals surface area contributed by atoms with E-state index >= 15 is 0 Å². The highest BCUT2D eigenvalue weighted by Gasteiger charge is 2.30. The highest BCUT2D eigenvalue weighted by atomic mass is 19.1. The van der Waals surface area contributed by atoms with Crippen LogP contribution in [0.25, 0.3) is 5.69 Å². The van der Waals surface area contributed by atoms with Gasteiger partial charge in [-0.2, -0.15) is 5.10 Å². The molecule has 7 heteroatoms. The Bertz CT molecular complexity index is 1030. The van der Waals surface area contributed by atoms with Crippen molar-refractivity contribution in [2.75, 3.05) is 12.4 Å². The molecule has 3 aromatic rings. The van der Waals surface area contributed by atoms with E-state index in [2.05, 4.69) is 10.4 Å². The predicted molar refractivity (Wildman–Crippen MR) is 96.4 cm³/mol. The fourth-order valence-electron chi connectivity index (χ4n) is 3.29. The number of amides is 1. The number of hydrogen-bond acceptors (Lipinski definition) is 4. The molecule has 4 rings (SSSR count). The van der Waals surface area contributed by atoms with Crippen molar-refractivity contribution in [3.63, 3.8) is 0 Å². The second-order valence-electron chi connectivity index (χ2n) is 6.26. The summed E-state index contributed by atoms with van der Waals surface area (Å²) < 4.78 is 19.8. The molecule has 1 aliphatic heterocycles. The Hall–Kier alpha value is -3.48. The summed E-state index contributed by atoms with van der Waals surface area (Å²) in [5.74, 6) is -0.624. The van der Waals surface area contributed by atoms with Crippen LogP contribution in [0.4, 0.5) is 10.2 Å². The van der Waals surface area contributed by atoms with Crippen molar-refractivity contribution in [2.24, 2.45) is 0 Å². The Morgan fingerprint density at radius 2 is 2.04 bits per heavy atom. The van der Waals surface area contributed by atoms with E-state index in [0.29, 0.717) is 17.1 Å². The summed E-state index contributed by atoms with van der Waals surface area (Å²) in [6.07, 6.45) is 1.94. The van der Waals surface area contributed by atoms with Crippen LogP contribution in [0.1, 0.15) is 33.8 Å². The fourth-order valence-corrected chi connectivity index (χ4v) is 3.29. The van der Waals surface area contributed by atoms with Crippen molar-refractivity contribution >= 4 is 17.7 Å². The zero-order valence-corrected chi connectivity index (χ0v) is 14.5. The van der Waals surface area contributed by atoms with E-state index in [4.69, 9.17) is 4.74 Å². The molecule has 1 aliphatic rings. The Morgan fingerprint density at radius 1 is 1.26 bits per heavy atom. The predicted octanol–water partition coefficient (Wildman–Crippen LogP) is 3.27. The minimum absolute atomic E-state index is 0.150. The number of nitrogens with zero attached hydrogens (tertiary/aromatic N) is 2. The first kappa shape index (κ1) is 17.0. The van der Waals surface area contributed by atoms with Crippen molar-refractivity contribution in [2.45, 2.75) is 12.3 Å². The van der Waals surface area contributed by atoms with Gasteiger partial charge in [0.25, 0.3) is 0 Å². The molecule has 1 atom stereocenters. The van der Waals surface area contributed by atoms with E-state index in [-0.39, 0.29) is 24.1 Å². The topological polar surface area (TPSA) is 73.2 Å². The number of carbonyl (C=O) groups is 2. The molecule has 136 valence electrons. The average Bonchev–Trinajstić information content (AvgIpc) is 3.10. The van der Waals surface area contributed by atoms with Gasteiger partial charge in [-0.05, 0) is 35.9 Å². The highest BCUT2D eigenvalue weighted by Crippen LogP contribution is 2.38. The average molecular weight is 365 g/mol. The summed E-state index contributed by atoms with van der Waals surface area (Å²) in [5, 5.41) is 7.17. The molecule has 0 spiro atoms. The summed E-state index contributed by atoms with van der Waals surface area (Å²) in [6.45, 7) is 0.